The number of hydrogen-bond acceptors (Lipinski definition) is 5. The van der Waals surface area contributed by atoms with Crippen LogP contribution < -0.4 is 5.32 Å². The summed E-state index contributed by atoms with van der Waals surface area (Å²) in [4.78, 5) is 18.8. The fourth-order valence-corrected chi connectivity index (χ4v) is 1.47. The Morgan fingerprint density at radius 2 is 2.06 bits per heavy atom. The zero-order valence-electron chi connectivity index (χ0n) is 9.28. The van der Waals surface area contributed by atoms with Crippen LogP contribution in [0.4, 0.5) is 5.82 Å². The lowest BCUT2D eigenvalue weighted by Gasteiger charge is -2.13. The minimum absolute atomic E-state index is 0. The topological polar surface area (TPSA) is 95.3 Å². The highest BCUT2D eigenvalue weighted by Gasteiger charge is 2.17. The number of fused-ring (bicyclic) bond motifs is 1. The zero-order valence-corrected chi connectivity index (χ0v) is 10.1. The van der Waals surface area contributed by atoms with E-state index in [-0.39, 0.29) is 12.4 Å². The molecule has 6 nitrogen and oxygen atoms in total. The molecule has 18 heavy (non-hydrogen) atoms. The lowest BCUT2D eigenvalue weighted by Crippen LogP contribution is -2.33. The van der Waals surface area contributed by atoms with E-state index in [0.717, 1.165) is 5.39 Å². The number of para-hydroxylation sites is 1. The van der Waals surface area contributed by atoms with E-state index in [1.165, 1.54) is 6.33 Å². The fraction of sp³-hybridized carbons (Fsp3) is 0.182. The first-order valence-corrected chi connectivity index (χ1v) is 5.02. The molecule has 7 heteroatoms. The largest absolute Gasteiger partial charge is 0.480 e. The number of aromatic nitrogens is 2. The minimum atomic E-state index is -1.13. The Morgan fingerprint density at radius 1 is 1.33 bits per heavy atom. The van der Waals surface area contributed by atoms with Gasteiger partial charge in [0.15, 0.2) is 0 Å². The minimum Gasteiger partial charge on any atom is -0.480 e. The zero-order chi connectivity index (χ0) is 12.3. The second-order valence-electron chi connectivity index (χ2n) is 3.46. The Morgan fingerprint density at radius 3 is 2.72 bits per heavy atom. The summed E-state index contributed by atoms with van der Waals surface area (Å²) in [5.74, 6) is -0.729. The van der Waals surface area contributed by atoms with Crippen LogP contribution in [0.25, 0.3) is 10.9 Å². The van der Waals surface area contributed by atoms with Gasteiger partial charge in [0.1, 0.15) is 18.2 Å². The maximum Gasteiger partial charge on any atom is 0.328 e. The molecule has 0 fully saturated rings. The predicted molar refractivity (Wildman–Crippen MR) is 68.9 cm³/mol. The number of nitrogens with zero attached hydrogens (tertiary/aromatic N) is 2. The molecule has 0 aliphatic carbocycles. The van der Waals surface area contributed by atoms with Crippen molar-refractivity contribution in [3.8, 4) is 0 Å². The van der Waals surface area contributed by atoms with Crippen LogP contribution in [0.3, 0.4) is 0 Å². The molecule has 2 aromatic rings. The third kappa shape index (κ3) is 2.85. The van der Waals surface area contributed by atoms with E-state index in [2.05, 4.69) is 15.3 Å². The van der Waals surface area contributed by atoms with Gasteiger partial charge in [0, 0.05) is 5.39 Å². The van der Waals surface area contributed by atoms with Crippen LogP contribution in [-0.4, -0.2) is 38.8 Å². The highest BCUT2D eigenvalue weighted by Crippen LogP contribution is 2.18. The SMILES string of the molecule is Cl.O=C(O)C(CO)Nc1ncnc2ccccc12. The molecule has 0 spiro atoms. The van der Waals surface area contributed by atoms with Crippen molar-refractivity contribution >= 4 is 35.1 Å². The Hall–Kier alpha value is -1.92. The van der Waals surface area contributed by atoms with Gasteiger partial charge in [0.25, 0.3) is 0 Å². The number of nitrogens with one attached hydrogen (secondary N) is 1. The van der Waals surface area contributed by atoms with Crippen molar-refractivity contribution in [3.63, 3.8) is 0 Å². The summed E-state index contributed by atoms with van der Waals surface area (Å²) in [7, 11) is 0. The number of carboxylic acids is 1. The molecule has 0 bridgehead atoms. The van der Waals surface area contributed by atoms with Crippen molar-refractivity contribution in [2.45, 2.75) is 6.04 Å². The third-order valence-electron chi connectivity index (χ3n) is 2.33. The molecule has 1 aromatic heterocycles. The number of anilines is 1. The van der Waals surface area contributed by atoms with Crippen LogP contribution in [0.5, 0.6) is 0 Å². The molecule has 2 rings (SSSR count). The number of hydrogen-bond donors (Lipinski definition) is 3. The summed E-state index contributed by atoms with van der Waals surface area (Å²) >= 11 is 0. The van der Waals surface area contributed by atoms with Crippen molar-refractivity contribution in [2.24, 2.45) is 0 Å². The quantitative estimate of drug-likeness (QED) is 0.764. The van der Waals surface area contributed by atoms with Gasteiger partial charge in [-0.3, -0.25) is 0 Å². The van der Waals surface area contributed by atoms with Gasteiger partial charge in [0.2, 0.25) is 0 Å². The van der Waals surface area contributed by atoms with E-state index < -0.39 is 18.6 Å². The summed E-state index contributed by atoms with van der Waals surface area (Å²) in [5, 5.41) is 21.2. The second kappa shape index (κ2) is 6.13. The number of carboxylic acid groups (broad SMARTS) is 1. The molecule has 3 N–H and O–H groups in total. The highest BCUT2D eigenvalue weighted by molar-refractivity contribution is 5.90. The molecule has 0 saturated carbocycles. The summed E-state index contributed by atoms with van der Waals surface area (Å²) < 4.78 is 0. The van der Waals surface area contributed by atoms with Crippen molar-refractivity contribution < 1.29 is 15.0 Å². The molecule has 1 aromatic carbocycles. The van der Waals surface area contributed by atoms with Crippen molar-refractivity contribution in [2.75, 3.05) is 11.9 Å². The van der Waals surface area contributed by atoms with Gasteiger partial charge in [-0.2, -0.15) is 0 Å². The Kier molecular flexibility index (Phi) is 4.82. The van der Waals surface area contributed by atoms with Crippen molar-refractivity contribution in [1.29, 1.82) is 0 Å². The van der Waals surface area contributed by atoms with E-state index >= 15 is 0 Å². The first kappa shape index (κ1) is 14.1. The van der Waals surface area contributed by atoms with Gasteiger partial charge in [0.05, 0.1) is 12.1 Å². The monoisotopic (exact) mass is 269 g/mol. The van der Waals surface area contributed by atoms with E-state index in [9.17, 15) is 4.79 Å². The molecule has 1 atom stereocenters. The maximum absolute atomic E-state index is 10.8. The van der Waals surface area contributed by atoms with Gasteiger partial charge in [-0.05, 0) is 12.1 Å². The highest BCUT2D eigenvalue weighted by atomic mass is 35.5. The van der Waals surface area contributed by atoms with Gasteiger partial charge in [-0.15, -0.1) is 12.4 Å². The Balaban J connectivity index is 0.00000162. The number of benzene rings is 1. The molecule has 0 aliphatic rings. The molecule has 1 unspecified atom stereocenters. The van der Waals surface area contributed by atoms with E-state index in [1.54, 1.807) is 12.1 Å². The van der Waals surface area contributed by atoms with Crippen LogP contribution in [0, 0.1) is 0 Å². The molecule has 0 saturated heterocycles. The molecule has 0 aliphatic heterocycles. The smallest absolute Gasteiger partial charge is 0.328 e. The van der Waals surface area contributed by atoms with Gasteiger partial charge >= 0.3 is 5.97 Å². The number of aliphatic hydroxyl groups is 1. The van der Waals surface area contributed by atoms with E-state index in [4.69, 9.17) is 10.2 Å². The first-order valence-electron chi connectivity index (χ1n) is 5.02. The van der Waals surface area contributed by atoms with Gasteiger partial charge in [-0.25, -0.2) is 14.8 Å². The van der Waals surface area contributed by atoms with Crippen LogP contribution in [0.2, 0.25) is 0 Å². The molecule has 0 amide bonds. The number of aliphatic carboxylic acids is 1. The summed E-state index contributed by atoms with van der Waals surface area (Å²) in [6, 6.07) is 6.16. The number of aliphatic hydroxyl groups excluding tert-OH is 1. The van der Waals surface area contributed by atoms with E-state index in [0.29, 0.717) is 11.3 Å². The van der Waals surface area contributed by atoms with Crippen LogP contribution in [-0.2, 0) is 4.79 Å². The van der Waals surface area contributed by atoms with Gasteiger partial charge in [-0.1, -0.05) is 12.1 Å². The van der Waals surface area contributed by atoms with Crippen LogP contribution in [0.1, 0.15) is 0 Å². The standard InChI is InChI=1S/C11H11N3O3.ClH/c15-5-9(11(16)17)14-10-7-3-1-2-4-8(7)12-6-13-10;/h1-4,6,9,15H,5H2,(H,16,17)(H,12,13,14);1H. The predicted octanol–water partition coefficient (Wildman–Crippen LogP) is 0.909. The molecule has 96 valence electrons. The first-order chi connectivity index (χ1) is 8.22. The molecule has 1 heterocycles. The number of rotatable bonds is 4. The Bertz CT molecular complexity index is 545. The van der Waals surface area contributed by atoms with Crippen LogP contribution in [0.15, 0.2) is 30.6 Å². The average molecular weight is 270 g/mol. The fourth-order valence-electron chi connectivity index (χ4n) is 1.47. The third-order valence-corrected chi connectivity index (χ3v) is 2.33. The number of halogens is 1. The molecular weight excluding hydrogens is 258 g/mol. The summed E-state index contributed by atoms with van der Waals surface area (Å²) in [5.41, 5.74) is 0.715. The summed E-state index contributed by atoms with van der Waals surface area (Å²) in [6.07, 6.45) is 1.35. The van der Waals surface area contributed by atoms with E-state index in [1.807, 2.05) is 12.1 Å². The van der Waals surface area contributed by atoms with Gasteiger partial charge < -0.3 is 15.5 Å². The normalized spacial score (nSPS) is 11.6. The Labute approximate surface area is 109 Å². The van der Waals surface area contributed by atoms with Crippen molar-refractivity contribution in [3.05, 3.63) is 30.6 Å². The lowest BCUT2D eigenvalue weighted by molar-refractivity contribution is -0.138. The second-order valence-corrected chi connectivity index (χ2v) is 3.46. The molecule has 0 radical (unpaired) electrons. The average Bonchev–Trinajstić information content (AvgIpc) is 2.35. The lowest BCUT2D eigenvalue weighted by atomic mass is 10.2. The number of carbonyl (C=O) groups is 1. The van der Waals surface area contributed by atoms with Crippen LogP contribution >= 0.6 is 12.4 Å². The summed E-state index contributed by atoms with van der Waals surface area (Å²) in [6.45, 7) is -0.506. The van der Waals surface area contributed by atoms with Crippen molar-refractivity contribution in [1.82, 2.24) is 9.97 Å². The maximum atomic E-state index is 10.8. The molecular formula is C11H12ClN3O3.